The molecule has 0 bridgehead atoms. The molecule has 4 rings (SSSR count). The monoisotopic (exact) mass is 418 g/mol. The van der Waals surface area contributed by atoms with Gasteiger partial charge in [-0.25, -0.2) is 9.97 Å². The third-order valence-electron chi connectivity index (χ3n) is 5.30. The third-order valence-corrected chi connectivity index (χ3v) is 7.28. The first kappa shape index (κ1) is 19.7. The summed E-state index contributed by atoms with van der Waals surface area (Å²) in [7, 11) is 0. The summed E-state index contributed by atoms with van der Waals surface area (Å²) in [4.78, 5) is 12.0. The highest BCUT2D eigenvalue weighted by atomic mass is 32.1. The molecule has 1 atom stereocenters. The summed E-state index contributed by atoms with van der Waals surface area (Å²) in [6, 6.07) is 0.587. The van der Waals surface area contributed by atoms with Gasteiger partial charge < -0.3 is 21.7 Å². The molecule has 0 spiro atoms. The van der Waals surface area contributed by atoms with Crippen LogP contribution in [0.25, 0.3) is 5.70 Å². The standard InChI is InChI=1S/C20H30N6S2/c1-3-9-22-12-5-6-13-16(11-12)27-20(25-13)26-17-14(23-10-4-2)7-8-15-18(17)28-19(21)24-15/h12,22-23H,3-11H2,1-2H3,(H2,21,24)(H,25,26)/t12-/m0/s1. The van der Waals surface area contributed by atoms with Crippen molar-refractivity contribution in [2.24, 2.45) is 0 Å². The van der Waals surface area contributed by atoms with Crippen molar-refractivity contribution in [2.45, 2.75) is 64.8 Å². The second-order valence-corrected chi connectivity index (χ2v) is 9.63. The van der Waals surface area contributed by atoms with Crippen molar-refractivity contribution in [3.63, 3.8) is 0 Å². The molecule has 2 aromatic rings. The van der Waals surface area contributed by atoms with Gasteiger partial charge in [0.25, 0.3) is 0 Å². The van der Waals surface area contributed by atoms with Crippen LogP contribution in [0, 0.1) is 0 Å². The summed E-state index contributed by atoms with van der Waals surface area (Å²) >= 11 is 3.37. The SMILES string of the molecule is CCCNC1=C(Nc2nc3c(s2)C[C@@H](NCCC)CC3)c2sc(N)nc2CC1. The van der Waals surface area contributed by atoms with Crippen LogP contribution in [0.4, 0.5) is 10.3 Å². The van der Waals surface area contributed by atoms with Gasteiger partial charge in [0, 0.05) is 23.2 Å². The number of rotatable bonds is 8. The number of thiazole rings is 2. The number of aryl methyl sites for hydroxylation is 2. The summed E-state index contributed by atoms with van der Waals surface area (Å²) in [6.07, 6.45) is 7.53. The summed E-state index contributed by atoms with van der Waals surface area (Å²) in [5.74, 6) is 0. The van der Waals surface area contributed by atoms with Crippen molar-refractivity contribution in [3.8, 4) is 0 Å². The maximum Gasteiger partial charge on any atom is 0.187 e. The van der Waals surface area contributed by atoms with Gasteiger partial charge in [-0.1, -0.05) is 25.2 Å². The molecule has 0 radical (unpaired) electrons. The summed E-state index contributed by atoms with van der Waals surface area (Å²) in [5.41, 5.74) is 10.8. The minimum absolute atomic E-state index is 0.587. The Hall–Kier alpha value is -1.64. The molecule has 2 aliphatic rings. The van der Waals surface area contributed by atoms with E-state index in [9.17, 15) is 0 Å². The second-order valence-electron chi connectivity index (χ2n) is 7.52. The molecule has 2 aliphatic carbocycles. The predicted molar refractivity (Wildman–Crippen MR) is 120 cm³/mol. The highest BCUT2D eigenvalue weighted by Gasteiger charge is 2.26. The van der Waals surface area contributed by atoms with Crippen molar-refractivity contribution in [2.75, 3.05) is 24.1 Å². The maximum atomic E-state index is 6.01. The van der Waals surface area contributed by atoms with Gasteiger partial charge in [0.05, 0.1) is 22.0 Å². The molecule has 8 heteroatoms. The van der Waals surface area contributed by atoms with Crippen LogP contribution in [-0.2, 0) is 19.3 Å². The maximum absolute atomic E-state index is 6.01. The number of hydrogen-bond donors (Lipinski definition) is 4. The van der Waals surface area contributed by atoms with Gasteiger partial charge in [-0.05, 0) is 51.5 Å². The van der Waals surface area contributed by atoms with Gasteiger partial charge >= 0.3 is 0 Å². The lowest BCUT2D eigenvalue weighted by atomic mass is 9.98. The Labute approximate surface area is 175 Å². The van der Waals surface area contributed by atoms with Gasteiger partial charge in [-0.15, -0.1) is 11.3 Å². The summed E-state index contributed by atoms with van der Waals surface area (Å²) in [5, 5.41) is 12.6. The molecule has 0 saturated heterocycles. The molecule has 152 valence electrons. The van der Waals surface area contributed by atoms with E-state index in [1.807, 2.05) is 0 Å². The first-order chi connectivity index (χ1) is 13.7. The zero-order valence-electron chi connectivity index (χ0n) is 16.7. The van der Waals surface area contributed by atoms with Gasteiger partial charge in [-0.2, -0.15) is 0 Å². The molecule has 0 aliphatic heterocycles. The van der Waals surface area contributed by atoms with E-state index in [0.717, 1.165) is 66.6 Å². The van der Waals surface area contributed by atoms with E-state index in [-0.39, 0.29) is 0 Å². The largest absolute Gasteiger partial charge is 0.387 e. The molecule has 2 heterocycles. The molecule has 2 aromatic heterocycles. The Morgan fingerprint density at radius 1 is 1.04 bits per heavy atom. The van der Waals surface area contributed by atoms with Gasteiger partial charge in [0.15, 0.2) is 10.3 Å². The minimum Gasteiger partial charge on any atom is -0.387 e. The Kier molecular flexibility index (Phi) is 6.18. The number of anilines is 2. The van der Waals surface area contributed by atoms with Crippen LogP contribution in [-0.4, -0.2) is 29.1 Å². The van der Waals surface area contributed by atoms with Crippen LogP contribution in [0.15, 0.2) is 5.70 Å². The molecule has 6 nitrogen and oxygen atoms in total. The highest BCUT2D eigenvalue weighted by molar-refractivity contribution is 7.17. The number of allylic oxidation sites excluding steroid dienone is 1. The second kappa shape index (κ2) is 8.80. The molecule has 28 heavy (non-hydrogen) atoms. The van der Waals surface area contributed by atoms with Crippen molar-refractivity contribution in [3.05, 3.63) is 26.8 Å². The molecule has 0 unspecified atom stereocenters. The summed E-state index contributed by atoms with van der Waals surface area (Å²) in [6.45, 7) is 6.48. The minimum atomic E-state index is 0.587. The van der Waals surface area contributed by atoms with Crippen molar-refractivity contribution >= 4 is 38.6 Å². The normalized spacial score (nSPS) is 18.7. The van der Waals surface area contributed by atoms with Crippen molar-refractivity contribution in [1.29, 1.82) is 0 Å². The molecule has 5 N–H and O–H groups in total. The predicted octanol–water partition coefficient (Wildman–Crippen LogP) is 3.77. The van der Waals surface area contributed by atoms with Crippen LogP contribution < -0.4 is 21.7 Å². The van der Waals surface area contributed by atoms with E-state index in [4.69, 9.17) is 10.7 Å². The average Bonchev–Trinajstić information content (AvgIpc) is 3.27. The Morgan fingerprint density at radius 3 is 2.71 bits per heavy atom. The number of nitrogens with two attached hydrogens (primary N) is 1. The molecular formula is C20H30N6S2. The highest BCUT2D eigenvalue weighted by Crippen LogP contribution is 2.38. The Bertz CT molecular complexity index is 853. The number of nitrogen functional groups attached to an aromatic ring is 1. The summed E-state index contributed by atoms with van der Waals surface area (Å²) < 4.78 is 0. The smallest absolute Gasteiger partial charge is 0.187 e. The molecule has 0 fully saturated rings. The zero-order valence-corrected chi connectivity index (χ0v) is 18.4. The fourth-order valence-corrected chi connectivity index (χ4v) is 5.88. The van der Waals surface area contributed by atoms with E-state index in [1.54, 1.807) is 22.7 Å². The van der Waals surface area contributed by atoms with E-state index >= 15 is 0 Å². The van der Waals surface area contributed by atoms with Crippen LogP contribution >= 0.6 is 22.7 Å². The third kappa shape index (κ3) is 4.18. The topological polar surface area (TPSA) is 87.9 Å². The average molecular weight is 419 g/mol. The van der Waals surface area contributed by atoms with Crippen LogP contribution in [0.3, 0.4) is 0 Å². The van der Waals surface area contributed by atoms with Gasteiger partial charge in [-0.3, -0.25) is 0 Å². The number of hydrogen-bond acceptors (Lipinski definition) is 8. The van der Waals surface area contributed by atoms with Crippen LogP contribution in [0.1, 0.15) is 60.7 Å². The molecule has 0 saturated carbocycles. The van der Waals surface area contributed by atoms with E-state index in [0.29, 0.717) is 11.2 Å². The van der Waals surface area contributed by atoms with E-state index < -0.39 is 0 Å². The van der Waals surface area contributed by atoms with Crippen LogP contribution in [0.5, 0.6) is 0 Å². The van der Waals surface area contributed by atoms with Gasteiger partial charge in [0.1, 0.15) is 0 Å². The fraction of sp³-hybridized carbons (Fsp3) is 0.600. The molecular weight excluding hydrogens is 388 g/mol. The Balaban J connectivity index is 1.56. The quantitative estimate of drug-likeness (QED) is 0.522. The lowest BCUT2D eigenvalue weighted by Gasteiger charge is -2.21. The number of aromatic nitrogens is 2. The molecule has 0 aromatic carbocycles. The number of nitrogens with one attached hydrogen (secondary N) is 3. The van der Waals surface area contributed by atoms with Crippen molar-refractivity contribution < 1.29 is 0 Å². The fourth-order valence-electron chi connectivity index (χ4n) is 3.88. The Morgan fingerprint density at radius 2 is 1.89 bits per heavy atom. The van der Waals surface area contributed by atoms with E-state index in [2.05, 4.69) is 34.8 Å². The first-order valence-electron chi connectivity index (χ1n) is 10.4. The zero-order chi connectivity index (χ0) is 19.5. The van der Waals surface area contributed by atoms with Crippen LogP contribution in [0.2, 0.25) is 0 Å². The lowest BCUT2D eigenvalue weighted by Crippen LogP contribution is -2.34. The lowest BCUT2D eigenvalue weighted by molar-refractivity contribution is 0.460. The van der Waals surface area contributed by atoms with E-state index in [1.165, 1.54) is 29.1 Å². The number of fused-ring (bicyclic) bond motifs is 2. The number of nitrogens with zero attached hydrogens (tertiary/aromatic N) is 2. The molecule has 0 amide bonds. The van der Waals surface area contributed by atoms with Gasteiger partial charge in [0.2, 0.25) is 0 Å². The van der Waals surface area contributed by atoms with Crippen molar-refractivity contribution in [1.82, 2.24) is 20.6 Å². The first-order valence-corrected chi connectivity index (χ1v) is 12.0.